The van der Waals surface area contributed by atoms with Crippen LogP contribution in [-0.2, 0) is 16.2 Å². The van der Waals surface area contributed by atoms with E-state index in [2.05, 4.69) is 290 Å². The smallest absolute Gasteiger partial charge is 0.132 e. The van der Waals surface area contributed by atoms with Crippen LogP contribution in [0.4, 0.5) is 17.1 Å². The normalized spacial score (nSPS) is 15.0. The Bertz CT molecular complexity index is 4350. The van der Waals surface area contributed by atoms with Gasteiger partial charge >= 0.3 is 0 Å². The number of hydrogen-bond acceptors (Lipinski definition) is 3. The van der Waals surface area contributed by atoms with E-state index in [0.29, 0.717) is 0 Å². The summed E-state index contributed by atoms with van der Waals surface area (Å²) < 4.78 is 6.85. The van der Waals surface area contributed by atoms with Crippen LogP contribution in [0.2, 0.25) is 0 Å². The first-order chi connectivity index (χ1) is 38.7. The molecular weight excluding hydrogens is 963 g/mol. The van der Waals surface area contributed by atoms with Crippen LogP contribution in [0, 0.1) is 0 Å². The minimum atomic E-state index is -0.656. The third kappa shape index (κ3) is 5.53. The highest BCUT2D eigenvalue weighted by atomic mass is 32.2. The first kappa shape index (κ1) is 43.8. The summed E-state index contributed by atoms with van der Waals surface area (Å²) in [6, 6.07) is 107. The standard InChI is InChI=1S/C75H47NOS/c1-3-22-48(23-4-1)73(49-24-5-2-6-25-49)57-29-10-7-26-52(57)54-44-42-50(46-65(54)73)76(51-43-45-55-53-27-8-11-30-58(53)74(66(55)47-51)60-32-13-17-38-68(60)77-69-39-18-14-33-61(69)74)67-37-21-36-64-72(67)56-28-9-12-31-59(56)75(64)62-34-15-19-40-70(62)78-71-41-20-16-35-63(71)75/h1-47H. The van der Waals surface area contributed by atoms with Gasteiger partial charge in [-0.05, 0) is 138 Å². The predicted octanol–water partition coefficient (Wildman–Crippen LogP) is 18.8. The molecule has 78 heavy (non-hydrogen) atoms. The minimum absolute atomic E-state index is 0.555. The summed E-state index contributed by atoms with van der Waals surface area (Å²) in [4.78, 5) is 5.18. The van der Waals surface area contributed by atoms with Gasteiger partial charge in [-0.1, -0.05) is 242 Å². The van der Waals surface area contributed by atoms with E-state index in [-0.39, 0.29) is 0 Å². The lowest BCUT2D eigenvalue weighted by molar-refractivity contribution is 0.436. The van der Waals surface area contributed by atoms with Crippen molar-refractivity contribution in [1.82, 2.24) is 0 Å². The van der Waals surface area contributed by atoms with Crippen LogP contribution < -0.4 is 9.64 Å². The molecule has 0 saturated heterocycles. The summed E-state index contributed by atoms with van der Waals surface area (Å²) in [6.07, 6.45) is 0. The fourth-order valence-corrected chi connectivity index (χ4v) is 16.2. The van der Waals surface area contributed by atoms with Gasteiger partial charge in [-0.25, -0.2) is 0 Å². The number of nitrogens with zero attached hydrogens (tertiary/aromatic N) is 1. The van der Waals surface area contributed by atoms with Crippen molar-refractivity contribution in [3.05, 3.63) is 352 Å². The summed E-state index contributed by atoms with van der Waals surface area (Å²) in [7, 11) is 0. The highest BCUT2D eigenvalue weighted by Gasteiger charge is 2.54. The monoisotopic (exact) mass is 1010 g/mol. The van der Waals surface area contributed by atoms with Crippen molar-refractivity contribution in [2.75, 3.05) is 4.90 Å². The van der Waals surface area contributed by atoms with Gasteiger partial charge in [0.25, 0.3) is 0 Å². The molecular formula is C75H47NOS. The fourth-order valence-electron chi connectivity index (χ4n) is 15.1. The van der Waals surface area contributed by atoms with Crippen LogP contribution >= 0.6 is 11.8 Å². The highest BCUT2D eigenvalue weighted by molar-refractivity contribution is 7.99. The zero-order chi connectivity index (χ0) is 51.2. The van der Waals surface area contributed by atoms with Crippen molar-refractivity contribution >= 4 is 28.8 Å². The fraction of sp³-hybridized carbons (Fsp3) is 0.0400. The number of anilines is 3. The van der Waals surface area contributed by atoms with Crippen molar-refractivity contribution in [2.45, 2.75) is 26.0 Å². The minimum Gasteiger partial charge on any atom is -0.457 e. The molecule has 0 N–H and O–H groups in total. The second kappa shape index (κ2) is 16.3. The summed E-state index contributed by atoms with van der Waals surface area (Å²) >= 11 is 1.89. The van der Waals surface area contributed by atoms with E-state index in [1.54, 1.807) is 0 Å². The van der Waals surface area contributed by atoms with E-state index >= 15 is 0 Å². The Morgan fingerprint density at radius 3 is 1.21 bits per heavy atom. The number of benzene rings is 12. The maximum absolute atomic E-state index is 6.85. The molecule has 364 valence electrons. The second-order valence-corrected chi connectivity index (χ2v) is 22.4. The Morgan fingerprint density at radius 1 is 0.269 bits per heavy atom. The van der Waals surface area contributed by atoms with Gasteiger partial charge in [0.05, 0.1) is 21.9 Å². The Hall–Kier alpha value is -9.41. The van der Waals surface area contributed by atoms with Gasteiger partial charge < -0.3 is 9.64 Å². The van der Waals surface area contributed by atoms with Gasteiger partial charge in [0.15, 0.2) is 0 Å². The summed E-state index contributed by atoms with van der Waals surface area (Å²) in [5.74, 6) is 1.76. The number of para-hydroxylation sites is 2. The van der Waals surface area contributed by atoms with Crippen molar-refractivity contribution < 1.29 is 4.74 Å². The van der Waals surface area contributed by atoms with Crippen LogP contribution in [0.25, 0.3) is 33.4 Å². The van der Waals surface area contributed by atoms with Crippen molar-refractivity contribution in [2.24, 2.45) is 0 Å². The van der Waals surface area contributed by atoms with E-state index in [1.165, 1.54) is 98.8 Å². The molecule has 0 aromatic heterocycles. The number of ether oxygens (including phenoxy) is 1. The van der Waals surface area contributed by atoms with Crippen LogP contribution in [0.15, 0.2) is 295 Å². The Morgan fingerprint density at radius 2 is 0.654 bits per heavy atom. The summed E-state index contributed by atoms with van der Waals surface area (Å²) in [5, 5.41) is 0. The summed E-state index contributed by atoms with van der Waals surface area (Å²) in [5.41, 5.74) is 24.0. The Labute approximate surface area is 458 Å². The van der Waals surface area contributed by atoms with Crippen molar-refractivity contribution in [1.29, 1.82) is 0 Å². The molecule has 12 aromatic rings. The summed E-state index contributed by atoms with van der Waals surface area (Å²) in [6.45, 7) is 0. The molecule has 0 radical (unpaired) electrons. The predicted molar refractivity (Wildman–Crippen MR) is 317 cm³/mol. The van der Waals surface area contributed by atoms with Gasteiger partial charge in [-0.2, -0.15) is 0 Å². The molecule has 0 unspecified atom stereocenters. The molecule has 0 saturated carbocycles. The molecule has 5 aliphatic rings. The molecule has 0 bridgehead atoms. The molecule has 0 atom stereocenters. The zero-order valence-electron chi connectivity index (χ0n) is 42.4. The zero-order valence-corrected chi connectivity index (χ0v) is 43.2. The Balaban J connectivity index is 0.994. The number of fused-ring (bicyclic) bond motifs is 21. The van der Waals surface area contributed by atoms with Crippen molar-refractivity contribution in [3.8, 4) is 44.9 Å². The first-order valence-corrected chi connectivity index (χ1v) is 27.9. The van der Waals surface area contributed by atoms with E-state index < -0.39 is 16.2 Å². The maximum Gasteiger partial charge on any atom is 0.132 e. The van der Waals surface area contributed by atoms with Crippen LogP contribution in [0.5, 0.6) is 11.5 Å². The lowest BCUT2D eigenvalue weighted by Crippen LogP contribution is -2.32. The quantitative estimate of drug-likeness (QED) is 0.170. The largest absolute Gasteiger partial charge is 0.457 e. The van der Waals surface area contributed by atoms with Gasteiger partial charge in [-0.3, -0.25) is 0 Å². The third-order valence-corrected chi connectivity index (χ3v) is 19.0. The molecule has 3 heteroatoms. The maximum atomic E-state index is 6.85. The third-order valence-electron chi connectivity index (χ3n) is 17.9. The van der Waals surface area contributed by atoms with Gasteiger partial charge in [0.1, 0.15) is 11.5 Å². The van der Waals surface area contributed by atoms with E-state index in [4.69, 9.17) is 4.74 Å². The van der Waals surface area contributed by atoms with Gasteiger partial charge in [0, 0.05) is 37.9 Å². The second-order valence-electron chi connectivity index (χ2n) is 21.3. The topological polar surface area (TPSA) is 12.5 Å². The Kier molecular flexibility index (Phi) is 9.15. The van der Waals surface area contributed by atoms with Gasteiger partial charge in [-0.15, -0.1) is 0 Å². The average Bonchev–Trinajstić information content (AvgIpc) is 3.87. The molecule has 2 spiro atoms. The van der Waals surface area contributed by atoms with E-state index in [0.717, 1.165) is 39.7 Å². The SMILES string of the molecule is c1ccc(C2(c3ccccc3)c3ccccc3-c3ccc(N(c4ccc5c(c4)C4(c6ccccc6Oc6ccccc64)c4ccccc4-5)c4cccc5c4-c4ccccc4C54c5ccccc5Sc5ccccc54)cc32)cc1. The van der Waals surface area contributed by atoms with Gasteiger partial charge in [0.2, 0.25) is 0 Å². The molecule has 2 aliphatic heterocycles. The molecule has 3 aliphatic carbocycles. The van der Waals surface area contributed by atoms with Crippen molar-refractivity contribution in [3.63, 3.8) is 0 Å². The van der Waals surface area contributed by atoms with Crippen LogP contribution in [-0.4, -0.2) is 0 Å². The van der Waals surface area contributed by atoms with Crippen LogP contribution in [0.3, 0.4) is 0 Å². The number of rotatable bonds is 5. The highest BCUT2D eigenvalue weighted by Crippen LogP contribution is 2.67. The lowest BCUT2D eigenvalue weighted by Gasteiger charge is -2.40. The average molecular weight is 1010 g/mol. The van der Waals surface area contributed by atoms with Crippen LogP contribution in [0.1, 0.15) is 66.8 Å². The van der Waals surface area contributed by atoms with E-state index in [1.807, 2.05) is 11.8 Å². The molecule has 17 rings (SSSR count). The molecule has 2 heterocycles. The molecule has 12 aromatic carbocycles. The molecule has 0 fully saturated rings. The molecule has 0 amide bonds. The lowest BCUT2D eigenvalue weighted by atomic mass is 9.66. The molecule has 2 nitrogen and oxygen atoms in total. The number of hydrogen-bond donors (Lipinski definition) is 0. The first-order valence-electron chi connectivity index (χ1n) is 27.1. The van der Waals surface area contributed by atoms with E-state index in [9.17, 15) is 0 Å².